The Morgan fingerprint density at radius 3 is 2.48 bits per heavy atom. The number of para-hydroxylation sites is 1. The van der Waals surface area contributed by atoms with Crippen molar-refractivity contribution in [2.24, 2.45) is 5.73 Å². The number of hydrogen-bond donors (Lipinski definition) is 1. The molecular weight excluding hydrogens is 358 g/mol. The lowest BCUT2D eigenvalue weighted by molar-refractivity contribution is -0.117. The third kappa shape index (κ3) is 3.74. The fraction of sp³-hybridized carbons (Fsp3) is 0.190. The van der Waals surface area contributed by atoms with Crippen molar-refractivity contribution < 1.29 is 9.59 Å². The van der Waals surface area contributed by atoms with Crippen molar-refractivity contribution in [1.29, 1.82) is 5.26 Å². The second-order valence-electron chi connectivity index (χ2n) is 6.39. The maximum atomic E-state index is 13.1. The second kappa shape index (κ2) is 7.68. The highest BCUT2D eigenvalue weighted by Gasteiger charge is 2.40. The minimum Gasteiger partial charge on any atom is -0.365 e. The van der Waals surface area contributed by atoms with Gasteiger partial charge in [0.25, 0.3) is 5.91 Å². The minimum atomic E-state index is -0.833. The van der Waals surface area contributed by atoms with Gasteiger partial charge in [0, 0.05) is 5.69 Å². The zero-order chi connectivity index (χ0) is 19.6. The molecule has 1 fully saturated rings. The number of hydrogen-bond acceptors (Lipinski definition) is 4. The highest BCUT2D eigenvalue weighted by Crippen LogP contribution is 2.41. The largest absolute Gasteiger partial charge is 0.365 e. The van der Waals surface area contributed by atoms with Crippen molar-refractivity contribution in [2.45, 2.75) is 25.5 Å². The first-order chi connectivity index (χ1) is 12.9. The van der Waals surface area contributed by atoms with Gasteiger partial charge in [0.1, 0.15) is 16.7 Å². The smallest absolute Gasteiger partial charge is 0.262 e. The summed E-state index contributed by atoms with van der Waals surface area (Å²) in [6, 6.07) is 16.9. The van der Waals surface area contributed by atoms with Gasteiger partial charge < -0.3 is 5.73 Å². The second-order valence-corrected chi connectivity index (χ2v) is 7.59. The summed E-state index contributed by atoms with van der Waals surface area (Å²) in [6.07, 6.45) is 0.509. The number of rotatable bonds is 4. The molecule has 1 atom stereocenters. The van der Waals surface area contributed by atoms with Crippen molar-refractivity contribution in [3.05, 3.63) is 75.8 Å². The molecule has 0 bridgehead atoms. The summed E-state index contributed by atoms with van der Waals surface area (Å²) in [7, 11) is 0. The molecule has 0 aliphatic carbocycles. The highest BCUT2D eigenvalue weighted by molar-refractivity contribution is 8.05. The lowest BCUT2D eigenvalue weighted by Crippen LogP contribution is -2.31. The van der Waals surface area contributed by atoms with Crippen molar-refractivity contribution in [3.8, 4) is 6.07 Å². The van der Waals surface area contributed by atoms with Crippen LogP contribution in [0.25, 0.3) is 0 Å². The number of anilines is 1. The standard InChI is InChI=1S/C21H19N3O2S/c1-13-8-9-15(10-14(13)2)11-18-20(26)24(16-6-4-3-5-7-16)21(27-18)17(12-22)19(23)25/h3-10,18H,11H2,1-2H3,(H2,23,25)/b21-17-. The van der Waals surface area contributed by atoms with Crippen molar-refractivity contribution in [1.82, 2.24) is 0 Å². The van der Waals surface area contributed by atoms with Gasteiger partial charge in [-0.1, -0.05) is 48.2 Å². The quantitative estimate of drug-likeness (QED) is 0.655. The molecule has 136 valence electrons. The predicted molar refractivity (Wildman–Crippen MR) is 107 cm³/mol. The van der Waals surface area contributed by atoms with E-state index in [0.29, 0.717) is 17.1 Å². The molecule has 27 heavy (non-hydrogen) atoms. The minimum absolute atomic E-state index is 0.159. The third-order valence-corrected chi connectivity index (χ3v) is 5.79. The maximum absolute atomic E-state index is 13.1. The Kier molecular flexibility index (Phi) is 5.33. The highest BCUT2D eigenvalue weighted by atomic mass is 32.2. The summed E-state index contributed by atoms with van der Waals surface area (Å²) in [4.78, 5) is 26.3. The number of primary amides is 1. The van der Waals surface area contributed by atoms with Crippen LogP contribution in [0, 0.1) is 25.2 Å². The lowest BCUT2D eigenvalue weighted by Gasteiger charge is -2.18. The van der Waals surface area contributed by atoms with E-state index in [1.54, 1.807) is 24.3 Å². The van der Waals surface area contributed by atoms with Gasteiger partial charge in [0.15, 0.2) is 0 Å². The van der Waals surface area contributed by atoms with Crippen LogP contribution in [0.2, 0.25) is 0 Å². The molecule has 2 amide bonds. The number of nitriles is 1. The Morgan fingerprint density at radius 1 is 1.19 bits per heavy atom. The molecule has 1 unspecified atom stereocenters. The molecule has 1 aliphatic heterocycles. The third-order valence-electron chi connectivity index (χ3n) is 4.53. The van der Waals surface area contributed by atoms with E-state index in [2.05, 4.69) is 6.07 Å². The molecule has 1 aliphatic rings. The van der Waals surface area contributed by atoms with Gasteiger partial charge in [0.2, 0.25) is 5.91 Å². The van der Waals surface area contributed by atoms with Crippen LogP contribution in [0.5, 0.6) is 0 Å². The van der Waals surface area contributed by atoms with E-state index in [4.69, 9.17) is 5.73 Å². The fourth-order valence-corrected chi connectivity index (χ4v) is 4.27. The number of thioether (sulfide) groups is 1. The summed E-state index contributed by atoms with van der Waals surface area (Å²) in [5.74, 6) is -0.992. The van der Waals surface area contributed by atoms with Gasteiger partial charge in [-0.2, -0.15) is 5.26 Å². The molecule has 2 aromatic carbocycles. The summed E-state index contributed by atoms with van der Waals surface area (Å²) in [6.45, 7) is 4.07. The maximum Gasteiger partial charge on any atom is 0.262 e. The molecular formula is C21H19N3O2S. The summed E-state index contributed by atoms with van der Waals surface area (Å²) < 4.78 is 0. The van der Waals surface area contributed by atoms with Crippen LogP contribution in [0.15, 0.2) is 59.1 Å². The molecule has 6 heteroatoms. The van der Waals surface area contributed by atoms with Crippen LogP contribution in [0.3, 0.4) is 0 Å². The van der Waals surface area contributed by atoms with E-state index in [9.17, 15) is 14.9 Å². The Morgan fingerprint density at radius 2 is 1.89 bits per heavy atom. The molecule has 1 heterocycles. The Hall–Kier alpha value is -3.04. The first kappa shape index (κ1) is 18.7. The van der Waals surface area contributed by atoms with Crippen LogP contribution < -0.4 is 10.6 Å². The van der Waals surface area contributed by atoms with Crippen LogP contribution >= 0.6 is 11.8 Å². The number of benzene rings is 2. The van der Waals surface area contributed by atoms with E-state index < -0.39 is 11.2 Å². The fourth-order valence-electron chi connectivity index (χ4n) is 2.96. The first-order valence-corrected chi connectivity index (χ1v) is 9.36. The molecule has 0 aromatic heterocycles. The number of amides is 2. The lowest BCUT2D eigenvalue weighted by atomic mass is 10.0. The molecule has 2 N–H and O–H groups in total. The van der Waals surface area contributed by atoms with Crippen LogP contribution in [0.1, 0.15) is 16.7 Å². The van der Waals surface area contributed by atoms with Crippen molar-refractivity contribution in [2.75, 3.05) is 4.90 Å². The van der Waals surface area contributed by atoms with Gasteiger partial charge in [-0.25, -0.2) is 0 Å². The molecule has 1 saturated heterocycles. The van der Waals surface area contributed by atoms with Gasteiger partial charge >= 0.3 is 0 Å². The topological polar surface area (TPSA) is 87.2 Å². The Bertz CT molecular complexity index is 977. The number of carbonyl (C=O) groups is 2. The van der Waals surface area contributed by atoms with E-state index in [-0.39, 0.29) is 11.5 Å². The van der Waals surface area contributed by atoms with Crippen LogP contribution in [-0.4, -0.2) is 17.1 Å². The van der Waals surface area contributed by atoms with E-state index in [1.165, 1.54) is 22.2 Å². The number of nitrogens with two attached hydrogens (primary N) is 1. The van der Waals surface area contributed by atoms with E-state index in [1.807, 2.05) is 38.1 Å². The molecule has 0 radical (unpaired) electrons. The zero-order valence-corrected chi connectivity index (χ0v) is 15.9. The van der Waals surface area contributed by atoms with Crippen LogP contribution in [0.4, 0.5) is 5.69 Å². The van der Waals surface area contributed by atoms with Crippen molar-refractivity contribution in [3.63, 3.8) is 0 Å². The Balaban J connectivity index is 2.01. The normalized spacial score (nSPS) is 18.3. The summed E-state index contributed by atoms with van der Waals surface area (Å²) in [5, 5.41) is 9.27. The summed E-state index contributed by atoms with van der Waals surface area (Å²) >= 11 is 1.22. The van der Waals surface area contributed by atoms with Crippen LogP contribution in [-0.2, 0) is 16.0 Å². The molecule has 5 nitrogen and oxygen atoms in total. The van der Waals surface area contributed by atoms with Crippen molar-refractivity contribution >= 4 is 29.3 Å². The number of carbonyl (C=O) groups excluding carboxylic acids is 2. The monoisotopic (exact) mass is 377 g/mol. The predicted octanol–water partition coefficient (Wildman–Crippen LogP) is 3.22. The number of nitrogens with zero attached hydrogens (tertiary/aromatic N) is 2. The van der Waals surface area contributed by atoms with E-state index in [0.717, 1.165) is 11.1 Å². The molecule has 3 rings (SSSR count). The first-order valence-electron chi connectivity index (χ1n) is 8.48. The van der Waals surface area contributed by atoms with Gasteiger partial charge in [0.05, 0.1) is 5.25 Å². The molecule has 0 saturated carbocycles. The summed E-state index contributed by atoms with van der Waals surface area (Å²) in [5.41, 5.74) is 9.18. The van der Waals surface area contributed by atoms with Gasteiger partial charge in [-0.05, 0) is 49.1 Å². The number of aryl methyl sites for hydroxylation is 2. The van der Waals surface area contributed by atoms with Gasteiger partial charge in [-0.3, -0.25) is 14.5 Å². The van der Waals surface area contributed by atoms with E-state index >= 15 is 0 Å². The van der Waals surface area contributed by atoms with Gasteiger partial charge in [-0.15, -0.1) is 0 Å². The molecule has 0 spiro atoms. The average molecular weight is 377 g/mol. The zero-order valence-electron chi connectivity index (χ0n) is 15.1. The average Bonchev–Trinajstić information content (AvgIpc) is 2.95. The Labute approximate surface area is 162 Å². The molecule has 2 aromatic rings. The SMILES string of the molecule is Cc1ccc(CC2S/C(=C(/C#N)C(N)=O)N(c3ccccc3)C2=O)cc1C.